The zero-order valence-electron chi connectivity index (χ0n) is 14.9. The molecule has 0 radical (unpaired) electrons. The summed E-state index contributed by atoms with van der Waals surface area (Å²) >= 11 is 0. The van der Waals surface area contributed by atoms with Crippen molar-refractivity contribution in [1.82, 2.24) is 9.80 Å². The van der Waals surface area contributed by atoms with E-state index in [9.17, 15) is 9.59 Å². The van der Waals surface area contributed by atoms with E-state index >= 15 is 0 Å². The van der Waals surface area contributed by atoms with Gasteiger partial charge in [0.1, 0.15) is 0 Å². The molecular weight excluding hydrogens is 318 g/mol. The number of hydrogen-bond donors (Lipinski definition) is 1. The summed E-state index contributed by atoms with van der Waals surface area (Å²) in [6, 6.07) is 7.93. The largest absolute Gasteiger partial charge is 0.395 e. The number of rotatable bonds is 5. The number of anilines is 1. The molecule has 0 saturated carbocycles. The van der Waals surface area contributed by atoms with Gasteiger partial charge in [-0.2, -0.15) is 0 Å². The van der Waals surface area contributed by atoms with Gasteiger partial charge in [-0.25, -0.2) is 0 Å². The lowest BCUT2D eigenvalue weighted by Gasteiger charge is -2.35. The third-order valence-corrected chi connectivity index (χ3v) is 5.24. The van der Waals surface area contributed by atoms with E-state index in [4.69, 9.17) is 5.11 Å². The first-order valence-corrected chi connectivity index (χ1v) is 9.14. The van der Waals surface area contributed by atoms with Crippen molar-refractivity contribution in [3.8, 4) is 0 Å². The van der Waals surface area contributed by atoms with Crippen LogP contribution in [0, 0.1) is 5.92 Å². The van der Waals surface area contributed by atoms with E-state index < -0.39 is 0 Å². The Morgan fingerprint density at radius 2 is 1.92 bits per heavy atom. The Balaban J connectivity index is 1.63. The van der Waals surface area contributed by atoms with Crippen molar-refractivity contribution in [3.05, 3.63) is 29.8 Å². The average molecular weight is 345 g/mol. The molecular formula is C19H27N3O3. The quantitative estimate of drug-likeness (QED) is 0.855. The topological polar surface area (TPSA) is 64.1 Å². The lowest BCUT2D eigenvalue weighted by atomic mass is 10.1. The number of para-hydroxylation sites is 1. The number of benzene rings is 1. The van der Waals surface area contributed by atoms with E-state index in [1.165, 1.54) is 0 Å². The van der Waals surface area contributed by atoms with Crippen LogP contribution in [0.25, 0.3) is 0 Å². The van der Waals surface area contributed by atoms with Crippen LogP contribution in [0.2, 0.25) is 0 Å². The van der Waals surface area contributed by atoms with Crippen LogP contribution in [-0.2, 0) is 16.0 Å². The summed E-state index contributed by atoms with van der Waals surface area (Å²) in [5.41, 5.74) is 2.08. The fraction of sp³-hybridized carbons (Fsp3) is 0.579. The number of carbonyl (C=O) groups is 2. The Bertz CT molecular complexity index is 626. The highest BCUT2D eigenvalue weighted by molar-refractivity contribution is 6.00. The van der Waals surface area contributed by atoms with E-state index in [-0.39, 0.29) is 24.3 Å². The van der Waals surface area contributed by atoms with Gasteiger partial charge in [-0.3, -0.25) is 14.5 Å². The van der Waals surface area contributed by atoms with E-state index in [0.29, 0.717) is 32.6 Å². The predicted molar refractivity (Wildman–Crippen MR) is 96.4 cm³/mol. The second kappa shape index (κ2) is 7.97. The highest BCUT2D eigenvalue weighted by atomic mass is 16.3. The van der Waals surface area contributed by atoms with Crippen LogP contribution in [0.5, 0.6) is 0 Å². The summed E-state index contributed by atoms with van der Waals surface area (Å²) in [7, 11) is 0. The van der Waals surface area contributed by atoms with Crippen LogP contribution in [0.1, 0.15) is 18.9 Å². The maximum atomic E-state index is 12.8. The highest BCUT2D eigenvalue weighted by Gasteiger charge is 2.38. The SMILES string of the molecule is CCc1ccccc1N1C[C@H](C(=O)N2CCN(CCO)CC2)CC1=O. The fourth-order valence-electron chi connectivity index (χ4n) is 3.77. The Hall–Kier alpha value is -1.92. The van der Waals surface area contributed by atoms with E-state index in [2.05, 4.69) is 11.8 Å². The van der Waals surface area contributed by atoms with Crippen LogP contribution in [0.15, 0.2) is 24.3 Å². The molecule has 2 heterocycles. The fourth-order valence-corrected chi connectivity index (χ4v) is 3.77. The lowest BCUT2D eigenvalue weighted by molar-refractivity contribution is -0.137. The first-order valence-electron chi connectivity index (χ1n) is 9.14. The van der Waals surface area contributed by atoms with Crippen molar-refractivity contribution >= 4 is 17.5 Å². The molecule has 0 spiro atoms. The number of carbonyl (C=O) groups excluding carboxylic acids is 2. The summed E-state index contributed by atoms with van der Waals surface area (Å²) in [6.45, 7) is 6.29. The van der Waals surface area contributed by atoms with Gasteiger partial charge < -0.3 is 14.9 Å². The molecule has 3 rings (SSSR count). The van der Waals surface area contributed by atoms with Gasteiger partial charge in [0.05, 0.1) is 12.5 Å². The monoisotopic (exact) mass is 345 g/mol. The molecule has 136 valence electrons. The molecule has 0 bridgehead atoms. The van der Waals surface area contributed by atoms with Crippen LogP contribution < -0.4 is 4.90 Å². The summed E-state index contributed by atoms with van der Waals surface area (Å²) in [4.78, 5) is 31.1. The number of piperazine rings is 1. The van der Waals surface area contributed by atoms with Crippen LogP contribution in [-0.4, -0.2) is 72.6 Å². The molecule has 2 amide bonds. The van der Waals surface area contributed by atoms with Crippen LogP contribution in [0.4, 0.5) is 5.69 Å². The minimum Gasteiger partial charge on any atom is -0.395 e. The maximum Gasteiger partial charge on any atom is 0.228 e. The minimum absolute atomic E-state index is 0.0400. The normalized spacial score (nSPS) is 21.8. The van der Waals surface area contributed by atoms with Crippen molar-refractivity contribution < 1.29 is 14.7 Å². The molecule has 1 aromatic rings. The van der Waals surface area contributed by atoms with E-state index in [1.807, 2.05) is 29.2 Å². The third kappa shape index (κ3) is 3.85. The molecule has 0 unspecified atom stereocenters. The number of nitrogens with zero attached hydrogens (tertiary/aromatic N) is 3. The molecule has 1 atom stereocenters. The Morgan fingerprint density at radius 3 is 2.60 bits per heavy atom. The first-order chi connectivity index (χ1) is 12.1. The van der Waals surface area contributed by atoms with Crippen molar-refractivity contribution in [1.29, 1.82) is 0 Å². The highest BCUT2D eigenvalue weighted by Crippen LogP contribution is 2.29. The second-order valence-electron chi connectivity index (χ2n) is 6.78. The molecule has 2 fully saturated rings. The van der Waals surface area contributed by atoms with Crippen molar-refractivity contribution in [2.75, 3.05) is 50.8 Å². The molecule has 2 aliphatic rings. The molecule has 0 aromatic heterocycles. The maximum absolute atomic E-state index is 12.8. The van der Waals surface area contributed by atoms with Gasteiger partial charge in [0.2, 0.25) is 11.8 Å². The van der Waals surface area contributed by atoms with Crippen molar-refractivity contribution in [3.63, 3.8) is 0 Å². The number of hydrogen-bond acceptors (Lipinski definition) is 4. The molecule has 25 heavy (non-hydrogen) atoms. The van der Waals surface area contributed by atoms with Gasteiger partial charge in [0, 0.05) is 51.4 Å². The van der Waals surface area contributed by atoms with E-state index in [0.717, 1.165) is 30.8 Å². The molecule has 6 heteroatoms. The molecule has 6 nitrogen and oxygen atoms in total. The van der Waals surface area contributed by atoms with Gasteiger partial charge in [0.15, 0.2) is 0 Å². The van der Waals surface area contributed by atoms with Crippen molar-refractivity contribution in [2.24, 2.45) is 5.92 Å². The summed E-state index contributed by atoms with van der Waals surface area (Å²) in [5, 5.41) is 9.01. The van der Waals surface area contributed by atoms with Crippen LogP contribution >= 0.6 is 0 Å². The summed E-state index contributed by atoms with van der Waals surface area (Å²) < 4.78 is 0. The Labute approximate surface area is 149 Å². The Kier molecular flexibility index (Phi) is 5.71. The third-order valence-electron chi connectivity index (χ3n) is 5.24. The van der Waals surface area contributed by atoms with Crippen molar-refractivity contribution in [2.45, 2.75) is 19.8 Å². The smallest absolute Gasteiger partial charge is 0.228 e. The predicted octanol–water partition coefficient (Wildman–Crippen LogP) is 0.738. The zero-order chi connectivity index (χ0) is 17.8. The number of aliphatic hydroxyl groups is 1. The standard InChI is InChI=1S/C19H27N3O3/c1-2-15-5-3-4-6-17(15)22-14-16(13-18(22)24)19(25)21-9-7-20(8-10-21)11-12-23/h3-6,16,23H,2,7-14H2,1H3/t16-/m1/s1. The molecule has 1 N–H and O–H groups in total. The minimum atomic E-state index is -0.248. The molecule has 0 aliphatic carbocycles. The molecule has 1 aromatic carbocycles. The second-order valence-corrected chi connectivity index (χ2v) is 6.78. The van der Waals surface area contributed by atoms with Gasteiger partial charge >= 0.3 is 0 Å². The van der Waals surface area contributed by atoms with E-state index in [1.54, 1.807) is 4.90 Å². The summed E-state index contributed by atoms with van der Waals surface area (Å²) in [5.74, 6) is -0.117. The molecule has 2 aliphatic heterocycles. The van der Waals surface area contributed by atoms with Crippen LogP contribution in [0.3, 0.4) is 0 Å². The number of aryl methyl sites for hydroxylation is 1. The zero-order valence-corrected chi connectivity index (χ0v) is 14.9. The van der Waals surface area contributed by atoms with Gasteiger partial charge in [-0.15, -0.1) is 0 Å². The number of amides is 2. The molecule has 2 saturated heterocycles. The number of aliphatic hydroxyl groups excluding tert-OH is 1. The number of β-amino-alcohol motifs (C(OH)–C–C–N with tert-alkyl or cyclic N) is 1. The van der Waals surface area contributed by atoms with Gasteiger partial charge in [-0.1, -0.05) is 25.1 Å². The average Bonchev–Trinajstić information content (AvgIpc) is 3.03. The summed E-state index contributed by atoms with van der Waals surface area (Å²) in [6.07, 6.45) is 1.17. The first kappa shape index (κ1) is 17.9. The van der Waals surface area contributed by atoms with Gasteiger partial charge in [0.25, 0.3) is 0 Å². The lowest BCUT2D eigenvalue weighted by Crippen LogP contribution is -2.51. The van der Waals surface area contributed by atoms with Gasteiger partial charge in [-0.05, 0) is 18.1 Å². The Morgan fingerprint density at radius 1 is 1.20 bits per heavy atom.